The van der Waals surface area contributed by atoms with Crippen LogP contribution in [0.25, 0.3) is 0 Å². The summed E-state index contributed by atoms with van der Waals surface area (Å²) in [7, 11) is 0. The molecule has 17 heavy (non-hydrogen) atoms. The van der Waals surface area contributed by atoms with Crippen molar-refractivity contribution < 1.29 is 19.4 Å². The average molecular weight is 236 g/mol. The molecule has 1 aromatic rings. The lowest BCUT2D eigenvalue weighted by molar-refractivity contribution is -0.147. The summed E-state index contributed by atoms with van der Waals surface area (Å²) >= 11 is 0. The normalized spacial score (nSPS) is 20.0. The highest BCUT2D eigenvalue weighted by atomic mass is 16.5. The Morgan fingerprint density at radius 3 is 3.00 bits per heavy atom. The molecule has 90 valence electrons. The molecule has 1 aliphatic rings. The van der Waals surface area contributed by atoms with E-state index in [1.807, 2.05) is 0 Å². The van der Waals surface area contributed by atoms with Gasteiger partial charge in [-0.1, -0.05) is 0 Å². The Balaban J connectivity index is 2.20. The molecule has 0 saturated carbocycles. The smallest absolute Gasteiger partial charge is 0.328 e. The molecule has 2 heterocycles. The zero-order chi connectivity index (χ0) is 12.3. The number of nitrogens with zero attached hydrogens (tertiary/aromatic N) is 2. The fraction of sp³-hybridized carbons (Fsp3) is 0.364. The molecular formula is C11H12N2O4. The van der Waals surface area contributed by atoms with Crippen LogP contribution in [-0.4, -0.2) is 52.7 Å². The van der Waals surface area contributed by atoms with Crippen LogP contribution in [0.3, 0.4) is 0 Å². The molecule has 0 aliphatic carbocycles. The Kier molecular flexibility index (Phi) is 3.34. The molecule has 1 aromatic heterocycles. The SMILES string of the molecule is O=C(O)C1COCCN1C(=O)c1cccnc1. The summed E-state index contributed by atoms with van der Waals surface area (Å²) in [4.78, 5) is 28.2. The third-order valence-electron chi connectivity index (χ3n) is 2.58. The first-order valence-electron chi connectivity index (χ1n) is 5.21. The summed E-state index contributed by atoms with van der Waals surface area (Å²) in [6.45, 7) is 0.668. The molecule has 2 rings (SSSR count). The standard InChI is InChI=1S/C11H12N2O4/c14-10(8-2-1-3-12-6-8)13-4-5-17-7-9(13)11(15)16/h1-3,6,9H,4-5,7H2,(H,15,16). The van der Waals surface area contributed by atoms with E-state index in [-0.39, 0.29) is 19.1 Å². The van der Waals surface area contributed by atoms with E-state index in [0.717, 1.165) is 0 Å². The molecule has 6 nitrogen and oxygen atoms in total. The van der Waals surface area contributed by atoms with Crippen LogP contribution in [0.5, 0.6) is 0 Å². The number of ether oxygens (including phenoxy) is 1. The number of carbonyl (C=O) groups excluding carboxylic acids is 1. The number of morpholine rings is 1. The number of rotatable bonds is 2. The van der Waals surface area contributed by atoms with Crippen molar-refractivity contribution in [3.8, 4) is 0 Å². The van der Waals surface area contributed by atoms with E-state index in [4.69, 9.17) is 9.84 Å². The zero-order valence-electron chi connectivity index (χ0n) is 9.07. The summed E-state index contributed by atoms with van der Waals surface area (Å²) in [5, 5.41) is 9.01. The third-order valence-corrected chi connectivity index (χ3v) is 2.58. The largest absolute Gasteiger partial charge is 0.480 e. The minimum absolute atomic E-state index is 0.0291. The number of pyridine rings is 1. The number of carboxylic acid groups (broad SMARTS) is 1. The third kappa shape index (κ3) is 2.42. The highest BCUT2D eigenvalue weighted by Crippen LogP contribution is 2.12. The van der Waals surface area contributed by atoms with Crippen LogP contribution in [-0.2, 0) is 9.53 Å². The second-order valence-corrected chi connectivity index (χ2v) is 3.67. The molecule has 1 saturated heterocycles. The molecule has 0 bridgehead atoms. The highest BCUT2D eigenvalue weighted by molar-refractivity contribution is 5.96. The fourth-order valence-electron chi connectivity index (χ4n) is 1.71. The summed E-state index contributed by atoms with van der Waals surface area (Å²) in [5.74, 6) is -1.38. The van der Waals surface area contributed by atoms with E-state index in [0.29, 0.717) is 12.2 Å². The van der Waals surface area contributed by atoms with Crippen LogP contribution in [0.1, 0.15) is 10.4 Å². The van der Waals surface area contributed by atoms with Crippen LogP contribution >= 0.6 is 0 Å². The monoisotopic (exact) mass is 236 g/mol. The Bertz CT molecular complexity index is 421. The van der Waals surface area contributed by atoms with Crippen LogP contribution in [0, 0.1) is 0 Å². The molecule has 0 aromatic carbocycles. The quantitative estimate of drug-likeness (QED) is 0.782. The maximum atomic E-state index is 12.1. The van der Waals surface area contributed by atoms with Gasteiger partial charge in [0.05, 0.1) is 18.8 Å². The van der Waals surface area contributed by atoms with Crippen molar-refractivity contribution in [2.24, 2.45) is 0 Å². The zero-order valence-corrected chi connectivity index (χ0v) is 9.07. The van der Waals surface area contributed by atoms with Gasteiger partial charge in [0.15, 0.2) is 6.04 Å². The summed E-state index contributed by atoms with van der Waals surface area (Å²) in [5.41, 5.74) is 0.389. The van der Waals surface area contributed by atoms with Crippen molar-refractivity contribution in [1.29, 1.82) is 0 Å². The van der Waals surface area contributed by atoms with E-state index in [1.54, 1.807) is 18.3 Å². The van der Waals surface area contributed by atoms with Gasteiger partial charge >= 0.3 is 5.97 Å². The van der Waals surface area contributed by atoms with Gasteiger partial charge in [0, 0.05) is 18.9 Å². The molecule has 0 spiro atoms. The van der Waals surface area contributed by atoms with Crippen molar-refractivity contribution in [2.45, 2.75) is 6.04 Å². The molecular weight excluding hydrogens is 224 g/mol. The topological polar surface area (TPSA) is 79.7 Å². The minimum atomic E-state index is -1.05. The van der Waals surface area contributed by atoms with Crippen LogP contribution in [0.2, 0.25) is 0 Å². The van der Waals surface area contributed by atoms with E-state index in [9.17, 15) is 9.59 Å². The van der Waals surface area contributed by atoms with E-state index in [1.165, 1.54) is 11.1 Å². The molecule has 6 heteroatoms. The maximum Gasteiger partial charge on any atom is 0.328 e. The average Bonchev–Trinajstić information content (AvgIpc) is 2.39. The van der Waals surface area contributed by atoms with Crippen molar-refractivity contribution >= 4 is 11.9 Å². The summed E-state index contributed by atoms with van der Waals surface area (Å²) in [6, 6.07) is 2.34. The van der Waals surface area contributed by atoms with Crippen molar-refractivity contribution in [2.75, 3.05) is 19.8 Å². The number of carboxylic acids is 1. The van der Waals surface area contributed by atoms with Crippen molar-refractivity contribution in [3.05, 3.63) is 30.1 Å². The van der Waals surface area contributed by atoms with Gasteiger partial charge in [0.25, 0.3) is 5.91 Å². The predicted molar refractivity (Wildman–Crippen MR) is 57.5 cm³/mol. The van der Waals surface area contributed by atoms with Gasteiger partial charge in [-0.25, -0.2) is 4.79 Å². The highest BCUT2D eigenvalue weighted by Gasteiger charge is 2.33. The van der Waals surface area contributed by atoms with Crippen molar-refractivity contribution in [1.82, 2.24) is 9.88 Å². The Hall–Kier alpha value is -1.95. The van der Waals surface area contributed by atoms with Crippen LogP contribution < -0.4 is 0 Å². The van der Waals surface area contributed by atoms with Gasteiger partial charge in [0.2, 0.25) is 0 Å². The first-order chi connectivity index (χ1) is 8.20. The number of aliphatic carboxylic acids is 1. The van der Waals surface area contributed by atoms with Crippen LogP contribution in [0.4, 0.5) is 0 Å². The number of hydrogen-bond acceptors (Lipinski definition) is 4. The van der Waals surface area contributed by atoms with Crippen molar-refractivity contribution in [3.63, 3.8) is 0 Å². The lowest BCUT2D eigenvalue weighted by Gasteiger charge is -2.32. The molecule has 1 unspecified atom stereocenters. The number of aromatic nitrogens is 1. The van der Waals surface area contributed by atoms with Gasteiger partial charge in [-0.2, -0.15) is 0 Å². The predicted octanol–water partition coefficient (Wildman–Crippen LogP) is 0.00720. The molecule has 1 aliphatic heterocycles. The van der Waals surface area contributed by atoms with Crippen LogP contribution in [0.15, 0.2) is 24.5 Å². The van der Waals surface area contributed by atoms with E-state index >= 15 is 0 Å². The molecule has 1 amide bonds. The summed E-state index contributed by atoms with van der Waals surface area (Å²) < 4.78 is 5.07. The van der Waals surface area contributed by atoms with E-state index < -0.39 is 12.0 Å². The Morgan fingerprint density at radius 1 is 1.53 bits per heavy atom. The molecule has 1 N–H and O–H groups in total. The van der Waals surface area contributed by atoms with Gasteiger partial charge in [0.1, 0.15) is 0 Å². The lowest BCUT2D eigenvalue weighted by Crippen LogP contribution is -2.52. The lowest BCUT2D eigenvalue weighted by atomic mass is 10.1. The van der Waals surface area contributed by atoms with Gasteiger partial charge in [-0.15, -0.1) is 0 Å². The molecule has 0 radical (unpaired) electrons. The Morgan fingerprint density at radius 2 is 2.35 bits per heavy atom. The minimum Gasteiger partial charge on any atom is -0.480 e. The van der Waals surface area contributed by atoms with Gasteiger partial charge < -0.3 is 14.7 Å². The number of carbonyl (C=O) groups is 2. The molecule has 1 atom stereocenters. The number of hydrogen-bond donors (Lipinski definition) is 1. The second kappa shape index (κ2) is 4.92. The van der Waals surface area contributed by atoms with E-state index in [2.05, 4.69) is 4.98 Å². The number of amides is 1. The summed E-state index contributed by atoms with van der Waals surface area (Å²) in [6.07, 6.45) is 2.99. The molecule has 1 fully saturated rings. The van der Waals surface area contributed by atoms with Gasteiger partial charge in [-0.3, -0.25) is 9.78 Å². The maximum absolute atomic E-state index is 12.1. The fourth-order valence-corrected chi connectivity index (χ4v) is 1.71. The van der Waals surface area contributed by atoms with Gasteiger partial charge in [-0.05, 0) is 12.1 Å². The second-order valence-electron chi connectivity index (χ2n) is 3.67. The first kappa shape index (κ1) is 11.5. The first-order valence-corrected chi connectivity index (χ1v) is 5.21. The Labute approximate surface area is 97.8 Å².